The molecule has 1 N–H and O–H groups in total. The van der Waals surface area contributed by atoms with Gasteiger partial charge in [0, 0.05) is 23.4 Å². The molecule has 2 nitrogen and oxygen atoms in total. The second-order valence-electron chi connectivity index (χ2n) is 10.4. The highest BCUT2D eigenvalue weighted by atomic mass is 16.1. The molecular weight excluding hydrogens is 390 g/mol. The molecule has 3 rings (SSSR count). The van der Waals surface area contributed by atoms with Crippen LogP contribution >= 0.6 is 0 Å². The number of hydrogen-bond donors (Lipinski definition) is 1. The van der Waals surface area contributed by atoms with Gasteiger partial charge >= 0.3 is 0 Å². The molecule has 0 radical (unpaired) electrons. The van der Waals surface area contributed by atoms with Crippen LogP contribution in [0.15, 0.2) is 79.4 Å². The monoisotopic (exact) mass is 425 g/mol. The molecule has 2 heteroatoms. The van der Waals surface area contributed by atoms with Crippen molar-refractivity contribution in [3.05, 3.63) is 102 Å². The summed E-state index contributed by atoms with van der Waals surface area (Å²) >= 11 is 0. The third-order valence-corrected chi connectivity index (χ3v) is 5.71. The zero-order valence-corrected chi connectivity index (χ0v) is 20.3. The van der Waals surface area contributed by atoms with Crippen LogP contribution in [0.1, 0.15) is 68.6 Å². The predicted octanol–water partition coefficient (Wildman–Crippen LogP) is 7.93. The van der Waals surface area contributed by atoms with Gasteiger partial charge in [-0.15, -0.1) is 0 Å². The summed E-state index contributed by atoms with van der Waals surface area (Å²) in [5, 5.41) is 3.70. The third-order valence-electron chi connectivity index (χ3n) is 5.71. The molecule has 166 valence electrons. The van der Waals surface area contributed by atoms with E-state index in [9.17, 15) is 4.79 Å². The number of carbonyl (C=O) groups is 1. The Morgan fingerprint density at radius 2 is 1.44 bits per heavy atom. The van der Waals surface area contributed by atoms with Gasteiger partial charge in [0.25, 0.3) is 0 Å². The van der Waals surface area contributed by atoms with E-state index in [1.165, 1.54) is 11.6 Å². The summed E-state index contributed by atoms with van der Waals surface area (Å²) in [7, 11) is 0. The second kappa shape index (κ2) is 9.16. The molecule has 0 saturated carbocycles. The Kier molecular flexibility index (Phi) is 6.74. The molecule has 0 aromatic heterocycles. The first-order chi connectivity index (χ1) is 15.0. The average molecular weight is 426 g/mol. The number of benzene rings is 3. The maximum absolute atomic E-state index is 13.3. The summed E-state index contributed by atoms with van der Waals surface area (Å²) in [5.41, 5.74) is 6.90. The number of rotatable bonds is 6. The molecule has 0 unspecified atom stereocenters. The Hall–Kier alpha value is -3.13. The largest absolute Gasteiger partial charge is 0.380 e. The van der Waals surface area contributed by atoms with Crippen LogP contribution < -0.4 is 5.32 Å². The van der Waals surface area contributed by atoms with E-state index < -0.39 is 0 Å². The lowest BCUT2D eigenvalue weighted by atomic mass is 9.71. The van der Waals surface area contributed by atoms with Gasteiger partial charge in [-0.05, 0) is 45.2 Å². The molecule has 0 heterocycles. The number of hydrogen-bond acceptors (Lipinski definition) is 2. The molecule has 0 aliphatic heterocycles. The van der Waals surface area contributed by atoms with Crippen molar-refractivity contribution in [1.82, 2.24) is 0 Å². The topological polar surface area (TPSA) is 29.1 Å². The first-order valence-electron chi connectivity index (χ1n) is 11.3. The van der Waals surface area contributed by atoms with Crippen LogP contribution in [0.5, 0.6) is 0 Å². The minimum absolute atomic E-state index is 0.0216. The molecule has 0 aliphatic carbocycles. The van der Waals surface area contributed by atoms with Crippen LogP contribution in [0.3, 0.4) is 0 Å². The zero-order valence-electron chi connectivity index (χ0n) is 20.3. The number of ketones is 1. The fourth-order valence-electron chi connectivity index (χ4n) is 4.22. The normalized spacial score (nSPS) is 11.8. The molecule has 0 bridgehead atoms. The van der Waals surface area contributed by atoms with E-state index in [0.717, 1.165) is 33.5 Å². The minimum atomic E-state index is -0.246. The summed E-state index contributed by atoms with van der Waals surface area (Å²) in [5.74, 6) is -0.0216. The Morgan fingerprint density at radius 1 is 0.875 bits per heavy atom. The molecular formula is C30H35NO. The van der Waals surface area contributed by atoms with Crippen molar-refractivity contribution in [3.63, 3.8) is 0 Å². The highest BCUT2D eigenvalue weighted by molar-refractivity contribution is 6.09. The van der Waals surface area contributed by atoms with Crippen molar-refractivity contribution >= 4 is 11.5 Å². The van der Waals surface area contributed by atoms with Gasteiger partial charge in [0.15, 0.2) is 5.78 Å². The summed E-state index contributed by atoms with van der Waals surface area (Å²) in [4.78, 5) is 13.3. The summed E-state index contributed by atoms with van der Waals surface area (Å²) in [6.07, 6.45) is 1.45. The molecule has 0 amide bonds. The van der Waals surface area contributed by atoms with Gasteiger partial charge in [-0.2, -0.15) is 0 Å². The molecule has 32 heavy (non-hydrogen) atoms. The zero-order chi connectivity index (χ0) is 23.5. The second-order valence-corrected chi connectivity index (χ2v) is 10.4. The van der Waals surface area contributed by atoms with Crippen molar-refractivity contribution in [2.75, 3.05) is 5.32 Å². The maximum atomic E-state index is 13.3. The number of anilines is 1. The van der Waals surface area contributed by atoms with Crippen molar-refractivity contribution in [3.8, 4) is 11.1 Å². The van der Waals surface area contributed by atoms with E-state index in [0.29, 0.717) is 6.54 Å². The van der Waals surface area contributed by atoms with Gasteiger partial charge in [0.1, 0.15) is 0 Å². The average Bonchev–Trinajstić information content (AvgIpc) is 2.76. The van der Waals surface area contributed by atoms with Crippen molar-refractivity contribution < 1.29 is 4.79 Å². The first kappa shape index (κ1) is 23.5. The molecule has 0 saturated heterocycles. The maximum Gasteiger partial charge on any atom is 0.185 e. The fourth-order valence-corrected chi connectivity index (χ4v) is 4.22. The lowest BCUT2D eigenvalue weighted by Gasteiger charge is -2.33. The van der Waals surface area contributed by atoms with E-state index in [1.807, 2.05) is 12.1 Å². The van der Waals surface area contributed by atoms with E-state index in [2.05, 4.69) is 108 Å². The summed E-state index contributed by atoms with van der Waals surface area (Å²) < 4.78 is 0. The van der Waals surface area contributed by atoms with Crippen LogP contribution in [0.25, 0.3) is 11.1 Å². The van der Waals surface area contributed by atoms with Crippen LogP contribution in [-0.4, -0.2) is 5.78 Å². The lowest BCUT2D eigenvalue weighted by molar-refractivity contribution is 0.104. The van der Waals surface area contributed by atoms with Crippen molar-refractivity contribution in [1.29, 1.82) is 0 Å². The van der Waals surface area contributed by atoms with Crippen molar-refractivity contribution in [2.24, 2.45) is 0 Å². The van der Waals surface area contributed by atoms with Crippen LogP contribution in [-0.2, 0) is 17.4 Å². The lowest BCUT2D eigenvalue weighted by Crippen LogP contribution is -2.25. The molecule has 0 spiro atoms. The third kappa shape index (κ3) is 5.02. The van der Waals surface area contributed by atoms with Gasteiger partial charge in [-0.25, -0.2) is 0 Å². The Labute approximate surface area is 193 Å². The van der Waals surface area contributed by atoms with Gasteiger partial charge in [-0.1, -0.05) is 109 Å². The fraction of sp³-hybridized carbons (Fsp3) is 0.300. The van der Waals surface area contributed by atoms with E-state index >= 15 is 0 Å². The number of nitrogens with one attached hydrogen (secondary N) is 1. The van der Waals surface area contributed by atoms with E-state index in [-0.39, 0.29) is 16.6 Å². The van der Waals surface area contributed by atoms with Crippen LogP contribution in [0, 0.1) is 0 Å². The van der Waals surface area contributed by atoms with Crippen LogP contribution in [0.4, 0.5) is 5.69 Å². The highest BCUT2D eigenvalue weighted by Crippen LogP contribution is 2.45. The van der Waals surface area contributed by atoms with Crippen LogP contribution in [0.2, 0.25) is 0 Å². The first-order valence-corrected chi connectivity index (χ1v) is 11.3. The van der Waals surface area contributed by atoms with Gasteiger partial charge < -0.3 is 5.32 Å². The quantitative estimate of drug-likeness (QED) is 0.321. The number of carbonyl (C=O) groups excluding carboxylic acids is 1. The number of allylic oxidation sites excluding steroid dienone is 1. The molecule has 0 aliphatic rings. The highest BCUT2D eigenvalue weighted by Gasteiger charge is 2.33. The van der Waals surface area contributed by atoms with Gasteiger partial charge in [0.05, 0.1) is 0 Å². The molecule has 0 atom stereocenters. The van der Waals surface area contributed by atoms with E-state index in [4.69, 9.17) is 0 Å². The van der Waals surface area contributed by atoms with Gasteiger partial charge in [0.2, 0.25) is 0 Å². The van der Waals surface area contributed by atoms with E-state index in [1.54, 1.807) is 0 Å². The van der Waals surface area contributed by atoms with Crippen molar-refractivity contribution in [2.45, 2.75) is 58.9 Å². The Bertz CT molecular complexity index is 1100. The molecule has 0 fully saturated rings. The summed E-state index contributed by atoms with van der Waals surface area (Å²) in [6.45, 7) is 17.6. The Morgan fingerprint density at radius 3 is 1.94 bits per heavy atom. The summed E-state index contributed by atoms with van der Waals surface area (Å²) in [6, 6.07) is 22.9. The standard InChI is InChI=1S/C30H35NO/c1-8-25(32)27-23(29(2,3)4)19-24(31-20-21-15-11-9-12-16-21)26(28(27)30(5,6)7)22-17-13-10-14-18-22/h8-19,31H,1,20H2,2-7H3. The predicted molar refractivity (Wildman–Crippen MR) is 138 cm³/mol. The molecule has 3 aromatic carbocycles. The molecule has 3 aromatic rings. The van der Waals surface area contributed by atoms with Gasteiger partial charge in [-0.3, -0.25) is 4.79 Å². The Balaban J connectivity index is 2.38. The minimum Gasteiger partial charge on any atom is -0.380 e. The smallest absolute Gasteiger partial charge is 0.185 e. The SMILES string of the molecule is C=CC(=O)c1c(C(C)(C)C)cc(NCc2ccccc2)c(-c2ccccc2)c1C(C)(C)C.